The van der Waals surface area contributed by atoms with Crippen LogP contribution >= 0.6 is 0 Å². The van der Waals surface area contributed by atoms with E-state index in [2.05, 4.69) is 83.3 Å². The third-order valence-corrected chi connectivity index (χ3v) is 4.52. The van der Waals surface area contributed by atoms with Crippen molar-refractivity contribution < 1.29 is 0 Å². The smallest absolute Gasteiger partial charge is 0.0423 e. The molecule has 2 aromatic rings. The lowest BCUT2D eigenvalue weighted by atomic mass is 9.71. The molecule has 3 rings (SSSR count). The number of rotatable bonds is 0. The van der Waals surface area contributed by atoms with Crippen molar-refractivity contribution in [1.29, 1.82) is 0 Å². The van der Waals surface area contributed by atoms with Gasteiger partial charge in [-0.1, -0.05) is 65.8 Å². The molecule has 116 valence electrons. The number of benzene rings is 2. The summed E-state index contributed by atoms with van der Waals surface area (Å²) < 4.78 is 0. The molecular formula is C21H27N. The van der Waals surface area contributed by atoms with E-state index >= 15 is 0 Å². The average molecular weight is 293 g/mol. The van der Waals surface area contributed by atoms with Gasteiger partial charge in [0.15, 0.2) is 0 Å². The van der Waals surface area contributed by atoms with Crippen LogP contribution in [0.2, 0.25) is 0 Å². The highest BCUT2D eigenvalue weighted by Gasteiger charge is 2.30. The number of anilines is 2. The zero-order chi connectivity index (χ0) is 16.1. The van der Waals surface area contributed by atoms with E-state index in [0.29, 0.717) is 0 Å². The molecular weight excluding hydrogens is 266 g/mol. The van der Waals surface area contributed by atoms with E-state index in [1.54, 1.807) is 0 Å². The molecule has 0 bridgehead atoms. The van der Waals surface area contributed by atoms with Gasteiger partial charge in [-0.15, -0.1) is 0 Å². The lowest BCUT2D eigenvalue weighted by Gasteiger charge is -2.35. The summed E-state index contributed by atoms with van der Waals surface area (Å²) in [5, 5.41) is 3.63. The van der Waals surface area contributed by atoms with Gasteiger partial charge in [-0.2, -0.15) is 0 Å². The third kappa shape index (κ3) is 2.54. The molecule has 0 spiro atoms. The van der Waals surface area contributed by atoms with E-state index in [-0.39, 0.29) is 10.8 Å². The number of nitrogens with one attached hydrogen (secondary N) is 1. The number of hydrogen-bond acceptors (Lipinski definition) is 1. The summed E-state index contributed by atoms with van der Waals surface area (Å²) in [5.41, 5.74) is 8.68. The van der Waals surface area contributed by atoms with Crippen molar-refractivity contribution in [3.05, 3.63) is 58.7 Å². The van der Waals surface area contributed by atoms with Crippen molar-refractivity contribution in [1.82, 2.24) is 0 Å². The van der Waals surface area contributed by atoms with E-state index < -0.39 is 0 Å². The van der Waals surface area contributed by atoms with Crippen LogP contribution in [0.4, 0.5) is 11.4 Å². The van der Waals surface area contributed by atoms with Crippen molar-refractivity contribution >= 4 is 11.4 Å². The van der Waals surface area contributed by atoms with Crippen molar-refractivity contribution in [2.45, 2.75) is 58.8 Å². The average Bonchev–Trinajstić information content (AvgIpc) is 2.41. The van der Waals surface area contributed by atoms with Gasteiger partial charge in [0.25, 0.3) is 0 Å². The summed E-state index contributed by atoms with van der Waals surface area (Å²) in [6.45, 7) is 13.9. The maximum absolute atomic E-state index is 3.63. The Morgan fingerprint density at radius 3 is 2.09 bits per heavy atom. The van der Waals surface area contributed by atoms with Crippen LogP contribution in [0.15, 0.2) is 36.4 Å². The quantitative estimate of drug-likeness (QED) is 0.541. The lowest BCUT2D eigenvalue weighted by Crippen LogP contribution is -2.25. The molecule has 0 unspecified atom stereocenters. The Morgan fingerprint density at radius 2 is 1.45 bits per heavy atom. The van der Waals surface area contributed by atoms with Gasteiger partial charge in [-0.25, -0.2) is 0 Å². The predicted octanol–water partition coefficient (Wildman–Crippen LogP) is 5.93. The lowest BCUT2D eigenvalue weighted by molar-refractivity contribution is 0.526. The Kier molecular flexibility index (Phi) is 3.36. The Morgan fingerprint density at radius 1 is 0.773 bits per heavy atom. The van der Waals surface area contributed by atoms with Gasteiger partial charge < -0.3 is 5.32 Å². The van der Waals surface area contributed by atoms with E-state index in [9.17, 15) is 0 Å². The van der Waals surface area contributed by atoms with Crippen LogP contribution in [0, 0.1) is 0 Å². The van der Waals surface area contributed by atoms with Gasteiger partial charge in [0.2, 0.25) is 0 Å². The summed E-state index contributed by atoms with van der Waals surface area (Å²) in [7, 11) is 0. The predicted molar refractivity (Wildman–Crippen MR) is 96.4 cm³/mol. The molecule has 1 heterocycles. The molecule has 0 atom stereocenters. The van der Waals surface area contributed by atoms with Crippen LogP contribution in [-0.4, -0.2) is 0 Å². The molecule has 22 heavy (non-hydrogen) atoms. The first kappa shape index (κ1) is 15.1. The summed E-state index contributed by atoms with van der Waals surface area (Å²) in [4.78, 5) is 0. The molecule has 0 aromatic heterocycles. The molecule has 2 aromatic carbocycles. The third-order valence-electron chi connectivity index (χ3n) is 4.52. The van der Waals surface area contributed by atoms with Gasteiger partial charge in [0.05, 0.1) is 0 Å². The fourth-order valence-corrected chi connectivity index (χ4v) is 3.56. The van der Waals surface area contributed by atoms with Crippen LogP contribution < -0.4 is 5.32 Å². The number of hydrogen-bond donors (Lipinski definition) is 1. The first-order chi connectivity index (χ1) is 10.2. The van der Waals surface area contributed by atoms with Gasteiger partial charge >= 0.3 is 0 Å². The standard InChI is InChI=1S/C21H27N/c1-20(2,3)16-11-12-18-15(19(16)21(4,5)6)13-14-9-7-8-10-17(14)22-18/h7-12,22H,13H2,1-6H3. The Bertz CT molecular complexity index is 712. The van der Waals surface area contributed by atoms with Crippen LogP contribution in [0.1, 0.15) is 63.8 Å². The van der Waals surface area contributed by atoms with Crippen molar-refractivity contribution in [2.24, 2.45) is 0 Å². The van der Waals surface area contributed by atoms with E-state index in [0.717, 1.165) is 6.42 Å². The fourth-order valence-electron chi connectivity index (χ4n) is 3.56. The second kappa shape index (κ2) is 4.87. The maximum atomic E-state index is 3.63. The topological polar surface area (TPSA) is 12.0 Å². The Labute approximate surface area is 134 Å². The first-order valence-corrected chi connectivity index (χ1v) is 8.20. The van der Waals surface area contributed by atoms with Gasteiger partial charge in [-0.05, 0) is 45.2 Å². The summed E-state index contributed by atoms with van der Waals surface area (Å²) in [5.74, 6) is 0. The summed E-state index contributed by atoms with van der Waals surface area (Å²) in [6.07, 6.45) is 1.02. The SMILES string of the molecule is CC(C)(C)c1ccc2c(c1C(C)(C)C)Cc1ccccc1N2. The van der Waals surface area contributed by atoms with Crippen LogP contribution in [0.5, 0.6) is 0 Å². The molecule has 0 amide bonds. The van der Waals surface area contributed by atoms with Crippen LogP contribution in [-0.2, 0) is 17.3 Å². The molecule has 0 saturated heterocycles. The molecule has 0 saturated carbocycles. The largest absolute Gasteiger partial charge is 0.355 e. The maximum Gasteiger partial charge on any atom is 0.0423 e. The van der Waals surface area contributed by atoms with Crippen molar-refractivity contribution in [3.63, 3.8) is 0 Å². The molecule has 1 N–H and O–H groups in total. The van der Waals surface area contributed by atoms with Crippen molar-refractivity contribution in [3.8, 4) is 0 Å². The molecule has 1 nitrogen and oxygen atoms in total. The van der Waals surface area contributed by atoms with Gasteiger partial charge in [-0.3, -0.25) is 0 Å². The highest BCUT2D eigenvalue weighted by Crippen LogP contribution is 2.43. The minimum absolute atomic E-state index is 0.141. The number of para-hydroxylation sites is 1. The summed E-state index contributed by atoms with van der Waals surface area (Å²) in [6, 6.07) is 13.2. The summed E-state index contributed by atoms with van der Waals surface area (Å²) >= 11 is 0. The molecule has 1 aliphatic rings. The van der Waals surface area contributed by atoms with E-state index in [1.165, 1.54) is 33.6 Å². The van der Waals surface area contributed by atoms with Gasteiger partial charge in [0.1, 0.15) is 0 Å². The normalized spacial score (nSPS) is 14.1. The minimum Gasteiger partial charge on any atom is -0.355 e. The van der Waals surface area contributed by atoms with E-state index in [4.69, 9.17) is 0 Å². The highest BCUT2D eigenvalue weighted by atomic mass is 14.9. The van der Waals surface area contributed by atoms with Crippen LogP contribution in [0.25, 0.3) is 0 Å². The molecule has 1 heteroatoms. The zero-order valence-electron chi connectivity index (χ0n) is 14.7. The number of fused-ring (bicyclic) bond motifs is 2. The second-order valence-electron chi connectivity index (χ2n) is 8.47. The van der Waals surface area contributed by atoms with Crippen molar-refractivity contribution in [2.75, 3.05) is 5.32 Å². The fraction of sp³-hybridized carbons (Fsp3) is 0.429. The van der Waals surface area contributed by atoms with E-state index in [1.807, 2.05) is 0 Å². The molecule has 0 fully saturated rings. The van der Waals surface area contributed by atoms with Crippen LogP contribution in [0.3, 0.4) is 0 Å². The Balaban J connectivity index is 2.24. The highest BCUT2D eigenvalue weighted by molar-refractivity contribution is 5.74. The zero-order valence-corrected chi connectivity index (χ0v) is 14.7. The minimum atomic E-state index is 0.141. The molecule has 0 radical (unpaired) electrons. The molecule has 0 aliphatic carbocycles. The second-order valence-corrected chi connectivity index (χ2v) is 8.47. The Hall–Kier alpha value is -1.76. The monoisotopic (exact) mass is 293 g/mol. The first-order valence-electron chi connectivity index (χ1n) is 8.20. The van der Waals surface area contributed by atoms with Gasteiger partial charge in [0, 0.05) is 17.8 Å². The molecule has 1 aliphatic heterocycles.